The highest BCUT2D eigenvalue weighted by molar-refractivity contribution is 7.87. The van der Waals surface area contributed by atoms with Crippen LogP contribution in [0.15, 0.2) is 78.9 Å². The molecule has 0 atom stereocenters. The predicted molar refractivity (Wildman–Crippen MR) is 135 cm³/mol. The minimum absolute atomic E-state index is 0.0714. The van der Waals surface area contributed by atoms with Crippen molar-refractivity contribution in [3.8, 4) is 28.4 Å². The fraction of sp³-hybridized carbons (Fsp3) is 0.192. The van der Waals surface area contributed by atoms with Crippen molar-refractivity contribution < 1.29 is 26.3 Å². The second kappa shape index (κ2) is 11.2. The number of methoxy groups -OCH3 is 1. The number of halogens is 3. The van der Waals surface area contributed by atoms with Crippen LogP contribution in [-0.2, 0) is 29.4 Å². The lowest BCUT2D eigenvalue weighted by atomic mass is 10.1. The Bertz CT molecular complexity index is 1420. The number of imidazole rings is 1. The standard InChI is InChI=1S/C26H25F3N4O3S/c1-36-22-13-9-19(10-14-22)24-23(32-25(33-24)20-5-3-2-4-6-20)15-16-30-37(34,35)31-17-18-7-11-21(12-8-18)26(27,28)29/h2-14,30-31H,15-17H2,1H3,(H,32,33). The third kappa shape index (κ3) is 6.97. The number of nitrogens with zero attached hydrogens (tertiary/aromatic N) is 1. The summed E-state index contributed by atoms with van der Waals surface area (Å²) in [6.45, 7) is -0.0747. The predicted octanol–water partition coefficient (Wildman–Crippen LogP) is 4.94. The van der Waals surface area contributed by atoms with E-state index in [1.807, 2.05) is 54.6 Å². The van der Waals surface area contributed by atoms with Crippen LogP contribution in [0.25, 0.3) is 22.6 Å². The van der Waals surface area contributed by atoms with Gasteiger partial charge in [-0.05, 0) is 42.0 Å². The van der Waals surface area contributed by atoms with E-state index in [2.05, 4.69) is 14.4 Å². The summed E-state index contributed by atoms with van der Waals surface area (Å²) in [5, 5.41) is 0. The number of hydrogen-bond acceptors (Lipinski definition) is 4. The summed E-state index contributed by atoms with van der Waals surface area (Å²) in [6.07, 6.45) is -4.13. The van der Waals surface area contributed by atoms with Gasteiger partial charge in [0.05, 0.1) is 18.4 Å². The van der Waals surface area contributed by atoms with Gasteiger partial charge in [-0.25, -0.2) is 9.71 Å². The molecule has 0 amide bonds. The lowest BCUT2D eigenvalue weighted by Gasteiger charge is -2.10. The number of nitrogens with one attached hydrogen (secondary N) is 3. The average molecular weight is 531 g/mol. The van der Waals surface area contributed by atoms with Crippen molar-refractivity contribution in [2.24, 2.45) is 0 Å². The fourth-order valence-electron chi connectivity index (χ4n) is 3.66. The molecule has 0 aliphatic heterocycles. The normalized spacial score (nSPS) is 12.0. The van der Waals surface area contributed by atoms with Crippen LogP contribution >= 0.6 is 0 Å². The summed E-state index contributed by atoms with van der Waals surface area (Å²) >= 11 is 0. The average Bonchev–Trinajstić information content (AvgIpc) is 3.32. The van der Waals surface area contributed by atoms with Gasteiger partial charge in [-0.1, -0.05) is 42.5 Å². The Morgan fingerprint density at radius 1 is 0.892 bits per heavy atom. The highest BCUT2D eigenvalue weighted by Gasteiger charge is 2.30. The van der Waals surface area contributed by atoms with Gasteiger partial charge in [-0.3, -0.25) is 0 Å². The molecule has 0 saturated heterocycles. The molecule has 0 radical (unpaired) electrons. The Balaban J connectivity index is 1.43. The molecule has 4 rings (SSSR count). The number of hydrogen-bond donors (Lipinski definition) is 3. The third-order valence-electron chi connectivity index (χ3n) is 5.60. The van der Waals surface area contributed by atoms with Crippen molar-refractivity contribution >= 4 is 10.2 Å². The SMILES string of the molecule is COc1ccc(-c2nc(-c3ccccc3)[nH]c2CCNS(=O)(=O)NCc2ccc(C(F)(F)F)cc2)cc1. The van der Waals surface area contributed by atoms with Gasteiger partial charge in [0.1, 0.15) is 11.6 Å². The van der Waals surface area contributed by atoms with Crippen LogP contribution in [0.4, 0.5) is 13.2 Å². The molecule has 0 saturated carbocycles. The minimum Gasteiger partial charge on any atom is -0.497 e. The van der Waals surface area contributed by atoms with E-state index in [9.17, 15) is 21.6 Å². The monoisotopic (exact) mass is 530 g/mol. The van der Waals surface area contributed by atoms with Crippen molar-refractivity contribution in [2.45, 2.75) is 19.1 Å². The molecule has 194 valence electrons. The Hall–Kier alpha value is -3.67. The van der Waals surface area contributed by atoms with E-state index in [-0.39, 0.29) is 13.1 Å². The van der Waals surface area contributed by atoms with Crippen molar-refractivity contribution in [3.05, 3.63) is 95.7 Å². The molecular formula is C26H25F3N4O3S. The number of benzene rings is 3. The fourth-order valence-corrected chi connectivity index (χ4v) is 4.49. The molecule has 0 fully saturated rings. The molecule has 0 unspecified atom stereocenters. The highest BCUT2D eigenvalue weighted by atomic mass is 32.2. The van der Waals surface area contributed by atoms with Gasteiger partial charge in [0.25, 0.3) is 10.2 Å². The Kier molecular flexibility index (Phi) is 7.96. The van der Waals surface area contributed by atoms with Crippen molar-refractivity contribution in [1.29, 1.82) is 0 Å². The van der Waals surface area contributed by atoms with Gasteiger partial charge < -0.3 is 9.72 Å². The molecule has 0 spiro atoms. The van der Waals surface area contributed by atoms with Crippen LogP contribution in [0, 0.1) is 0 Å². The Morgan fingerprint density at radius 2 is 1.57 bits per heavy atom. The van der Waals surface area contributed by atoms with E-state index in [0.717, 1.165) is 29.0 Å². The maximum absolute atomic E-state index is 12.7. The quantitative estimate of drug-likeness (QED) is 0.271. The molecule has 1 aromatic heterocycles. The van der Waals surface area contributed by atoms with E-state index in [1.165, 1.54) is 12.1 Å². The zero-order chi connectivity index (χ0) is 26.5. The number of H-pyrrole nitrogens is 1. The van der Waals surface area contributed by atoms with Gasteiger partial charge in [0, 0.05) is 36.3 Å². The third-order valence-corrected chi connectivity index (χ3v) is 6.71. The van der Waals surface area contributed by atoms with E-state index in [1.54, 1.807) is 7.11 Å². The highest BCUT2D eigenvalue weighted by Crippen LogP contribution is 2.29. The first-order chi connectivity index (χ1) is 17.6. The molecular weight excluding hydrogens is 505 g/mol. The lowest BCUT2D eigenvalue weighted by Crippen LogP contribution is -2.37. The molecule has 0 aliphatic carbocycles. The Morgan fingerprint density at radius 3 is 2.19 bits per heavy atom. The molecule has 0 bridgehead atoms. The molecule has 11 heteroatoms. The first-order valence-electron chi connectivity index (χ1n) is 11.3. The largest absolute Gasteiger partial charge is 0.497 e. The number of rotatable bonds is 10. The van der Waals surface area contributed by atoms with Crippen molar-refractivity contribution in [3.63, 3.8) is 0 Å². The van der Waals surface area contributed by atoms with Gasteiger partial charge >= 0.3 is 6.18 Å². The van der Waals surface area contributed by atoms with Gasteiger partial charge in [0.2, 0.25) is 0 Å². The lowest BCUT2D eigenvalue weighted by molar-refractivity contribution is -0.137. The van der Waals surface area contributed by atoms with Crippen LogP contribution in [0.2, 0.25) is 0 Å². The van der Waals surface area contributed by atoms with E-state index < -0.39 is 21.9 Å². The van der Waals surface area contributed by atoms with E-state index in [4.69, 9.17) is 9.72 Å². The molecule has 0 aliphatic rings. The van der Waals surface area contributed by atoms with Crippen LogP contribution < -0.4 is 14.2 Å². The zero-order valence-corrected chi connectivity index (χ0v) is 20.7. The van der Waals surface area contributed by atoms with Gasteiger partial charge in [-0.15, -0.1) is 0 Å². The molecule has 3 N–H and O–H groups in total. The second-order valence-corrected chi connectivity index (χ2v) is 9.75. The molecule has 4 aromatic rings. The summed E-state index contributed by atoms with van der Waals surface area (Å²) in [7, 11) is -2.31. The summed E-state index contributed by atoms with van der Waals surface area (Å²) in [6, 6.07) is 21.3. The molecule has 3 aromatic carbocycles. The topological polar surface area (TPSA) is 96.1 Å². The maximum atomic E-state index is 12.7. The van der Waals surface area contributed by atoms with Crippen molar-refractivity contribution in [2.75, 3.05) is 13.7 Å². The smallest absolute Gasteiger partial charge is 0.416 e. The maximum Gasteiger partial charge on any atom is 0.416 e. The zero-order valence-electron chi connectivity index (χ0n) is 19.8. The number of aromatic amines is 1. The first-order valence-corrected chi connectivity index (χ1v) is 12.8. The summed E-state index contributed by atoms with van der Waals surface area (Å²) < 4.78 is 73.0. The van der Waals surface area contributed by atoms with Crippen LogP contribution in [-0.4, -0.2) is 32.0 Å². The number of ether oxygens (including phenoxy) is 1. The number of aromatic nitrogens is 2. The van der Waals surface area contributed by atoms with Crippen molar-refractivity contribution in [1.82, 2.24) is 19.4 Å². The Labute approximate surface area is 212 Å². The van der Waals surface area contributed by atoms with Gasteiger partial charge in [-0.2, -0.15) is 26.3 Å². The molecule has 1 heterocycles. The summed E-state index contributed by atoms with van der Waals surface area (Å²) in [5.41, 5.74) is 2.79. The first kappa shape index (κ1) is 26.4. The summed E-state index contributed by atoms with van der Waals surface area (Å²) in [4.78, 5) is 8.05. The second-order valence-electron chi connectivity index (χ2n) is 8.17. The van der Waals surface area contributed by atoms with Crippen LogP contribution in [0.1, 0.15) is 16.8 Å². The minimum atomic E-state index is -4.45. The summed E-state index contributed by atoms with van der Waals surface area (Å²) in [5.74, 6) is 1.36. The molecule has 7 nitrogen and oxygen atoms in total. The van der Waals surface area contributed by atoms with Crippen LogP contribution in [0.3, 0.4) is 0 Å². The molecule has 37 heavy (non-hydrogen) atoms. The van der Waals surface area contributed by atoms with Gasteiger partial charge in [0.15, 0.2) is 0 Å². The number of alkyl halides is 3. The van der Waals surface area contributed by atoms with E-state index >= 15 is 0 Å². The van der Waals surface area contributed by atoms with E-state index in [0.29, 0.717) is 29.3 Å². The van der Waals surface area contributed by atoms with Crippen LogP contribution in [0.5, 0.6) is 5.75 Å².